The summed E-state index contributed by atoms with van der Waals surface area (Å²) in [5.41, 5.74) is 0.590. The summed E-state index contributed by atoms with van der Waals surface area (Å²) in [7, 11) is 0. The molecule has 0 aliphatic carbocycles. The third kappa shape index (κ3) is 5.66. The molecule has 3 N–H and O–H groups in total. The number of pyridine rings is 1. The number of ether oxygens (including phenoxy) is 1. The molecule has 0 radical (unpaired) electrons. The van der Waals surface area contributed by atoms with Crippen LogP contribution in [0.25, 0.3) is 0 Å². The lowest BCUT2D eigenvalue weighted by Gasteiger charge is -2.09. The molecule has 8 heteroatoms. The molecule has 0 fully saturated rings. The molecule has 0 bridgehead atoms. The molecule has 0 aliphatic heterocycles. The van der Waals surface area contributed by atoms with E-state index >= 15 is 0 Å². The molecule has 8 nitrogen and oxygen atoms in total. The number of amides is 1. The van der Waals surface area contributed by atoms with Gasteiger partial charge in [0, 0.05) is 30.9 Å². The third-order valence-corrected chi connectivity index (χ3v) is 3.73. The molecule has 0 spiro atoms. The van der Waals surface area contributed by atoms with Crippen molar-refractivity contribution in [2.24, 2.45) is 0 Å². The van der Waals surface area contributed by atoms with Gasteiger partial charge in [-0.2, -0.15) is 0 Å². The highest BCUT2D eigenvalue weighted by Crippen LogP contribution is 2.14. The number of anilines is 3. The van der Waals surface area contributed by atoms with Crippen molar-refractivity contribution >= 4 is 23.4 Å². The predicted molar refractivity (Wildman–Crippen MR) is 108 cm³/mol. The van der Waals surface area contributed by atoms with Gasteiger partial charge in [0.2, 0.25) is 0 Å². The number of aromatic nitrogens is 3. The second-order valence-electron chi connectivity index (χ2n) is 5.77. The Hall–Kier alpha value is -3.68. The van der Waals surface area contributed by atoms with Crippen LogP contribution in [-0.2, 0) is 0 Å². The quantitative estimate of drug-likeness (QED) is 0.492. The molecule has 0 saturated carbocycles. The zero-order chi connectivity index (χ0) is 19.6. The van der Waals surface area contributed by atoms with Crippen molar-refractivity contribution in [1.82, 2.24) is 20.3 Å². The first-order valence-electron chi connectivity index (χ1n) is 8.99. The predicted octanol–water partition coefficient (Wildman–Crippen LogP) is 2.86. The SMILES string of the molecule is CCOc1ccc(C(=O)NCCNc2cc(Nc3ccccn3)ncn2)cc1. The van der Waals surface area contributed by atoms with E-state index < -0.39 is 0 Å². The second kappa shape index (κ2) is 9.86. The van der Waals surface area contributed by atoms with Gasteiger partial charge < -0.3 is 20.7 Å². The number of hydrogen-bond donors (Lipinski definition) is 3. The van der Waals surface area contributed by atoms with E-state index in [0.29, 0.717) is 42.7 Å². The summed E-state index contributed by atoms with van der Waals surface area (Å²) >= 11 is 0. The number of nitrogens with one attached hydrogen (secondary N) is 3. The summed E-state index contributed by atoms with van der Waals surface area (Å²) in [6, 6.07) is 14.4. The fraction of sp³-hybridized carbons (Fsp3) is 0.200. The van der Waals surface area contributed by atoms with E-state index in [1.807, 2.05) is 25.1 Å². The molecule has 2 aromatic heterocycles. The molecule has 0 atom stereocenters. The Balaban J connectivity index is 1.44. The van der Waals surface area contributed by atoms with Crippen molar-refractivity contribution in [3.63, 3.8) is 0 Å². The van der Waals surface area contributed by atoms with Crippen LogP contribution in [0.2, 0.25) is 0 Å². The molecule has 144 valence electrons. The van der Waals surface area contributed by atoms with Crippen molar-refractivity contribution in [2.75, 3.05) is 30.3 Å². The van der Waals surface area contributed by atoms with Crippen molar-refractivity contribution in [3.05, 3.63) is 66.6 Å². The lowest BCUT2D eigenvalue weighted by atomic mass is 10.2. The Bertz CT molecular complexity index is 887. The Morgan fingerprint density at radius 2 is 1.79 bits per heavy atom. The van der Waals surface area contributed by atoms with E-state index in [2.05, 4.69) is 30.9 Å². The maximum absolute atomic E-state index is 12.2. The summed E-state index contributed by atoms with van der Waals surface area (Å²) in [6.07, 6.45) is 3.17. The van der Waals surface area contributed by atoms with Crippen molar-refractivity contribution in [2.45, 2.75) is 6.92 Å². The van der Waals surface area contributed by atoms with Gasteiger partial charge >= 0.3 is 0 Å². The monoisotopic (exact) mass is 378 g/mol. The summed E-state index contributed by atoms with van der Waals surface area (Å²) in [6.45, 7) is 3.50. The molecular formula is C20H22N6O2. The van der Waals surface area contributed by atoms with Gasteiger partial charge in [0.05, 0.1) is 6.61 Å². The number of rotatable bonds is 9. The standard InChI is InChI=1S/C20H22N6O2/c1-2-28-16-8-6-15(7-9-16)20(27)23-12-11-22-18-13-19(25-14-24-18)26-17-5-3-4-10-21-17/h3-10,13-14H,2,11-12H2,1H3,(H,23,27)(H2,21,22,24,25,26). The van der Waals surface area contributed by atoms with Gasteiger partial charge in [-0.15, -0.1) is 0 Å². The molecule has 1 aromatic carbocycles. The minimum absolute atomic E-state index is 0.134. The highest BCUT2D eigenvalue weighted by molar-refractivity contribution is 5.94. The normalized spacial score (nSPS) is 10.2. The minimum atomic E-state index is -0.134. The van der Waals surface area contributed by atoms with Crippen LogP contribution in [0.15, 0.2) is 61.1 Å². The van der Waals surface area contributed by atoms with Gasteiger partial charge in [-0.3, -0.25) is 4.79 Å². The van der Waals surface area contributed by atoms with Gasteiger partial charge in [0.25, 0.3) is 5.91 Å². The van der Waals surface area contributed by atoms with Crippen LogP contribution < -0.4 is 20.7 Å². The highest BCUT2D eigenvalue weighted by atomic mass is 16.5. The van der Waals surface area contributed by atoms with E-state index in [1.54, 1.807) is 36.5 Å². The molecule has 3 aromatic rings. The Morgan fingerprint density at radius 3 is 2.54 bits per heavy atom. The number of carbonyl (C=O) groups is 1. The molecule has 1 amide bonds. The van der Waals surface area contributed by atoms with Crippen LogP contribution in [0, 0.1) is 0 Å². The Kier molecular flexibility index (Phi) is 6.73. The van der Waals surface area contributed by atoms with Crippen LogP contribution in [0.4, 0.5) is 17.5 Å². The van der Waals surface area contributed by atoms with Gasteiger partial charge in [0.15, 0.2) is 0 Å². The topological polar surface area (TPSA) is 101 Å². The summed E-state index contributed by atoms with van der Waals surface area (Å²) in [5, 5.41) is 9.13. The third-order valence-electron chi connectivity index (χ3n) is 3.73. The average Bonchev–Trinajstić information content (AvgIpc) is 2.73. The Labute approximate surface area is 163 Å². The largest absolute Gasteiger partial charge is 0.494 e. The smallest absolute Gasteiger partial charge is 0.251 e. The molecular weight excluding hydrogens is 356 g/mol. The second-order valence-corrected chi connectivity index (χ2v) is 5.77. The first-order chi connectivity index (χ1) is 13.7. The van der Waals surface area contributed by atoms with Gasteiger partial charge in [-0.25, -0.2) is 15.0 Å². The fourth-order valence-corrected chi connectivity index (χ4v) is 2.43. The summed E-state index contributed by atoms with van der Waals surface area (Å²) in [4.78, 5) is 24.7. The van der Waals surface area contributed by atoms with Crippen molar-refractivity contribution < 1.29 is 9.53 Å². The van der Waals surface area contributed by atoms with E-state index in [9.17, 15) is 4.79 Å². The van der Waals surface area contributed by atoms with Crippen LogP contribution in [0.3, 0.4) is 0 Å². The minimum Gasteiger partial charge on any atom is -0.494 e. The Morgan fingerprint density at radius 1 is 0.964 bits per heavy atom. The first-order valence-corrected chi connectivity index (χ1v) is 8.99. The van der Waals surface area contributed by atoms with Gasteiger partial charge in [-0.1, -0.05) is 6.07 Å². The van der Waals surface area contributed by atoms with Crippen LogP contribution >= 0.6 is 0 Å². The van der Waals surface area contributed by atoms with E-state index in [-0.39, 0.29) is 5.91 Å². The van der Waals surface area contributed by atoms with Crippen LogP contribution in [-0.4, -0.2) is 40.6 Å². The number of benzene rings is 1. The molecule has 0 unspecified atom stereocenters. The lowest BCUT2D eigenvalue weighted by Crippen LogP contribution is -2.28. The highest BCUT2D eigenvalue weighted by Gasteiger charge is 2.05. The zero-order valence-electron chi connectivity index (χ0n) is 15.6. The maximum atomic E-state index is 12.2. The number of hydrogen-bond acceptors (Lipinski definition) is 7. The molecule has 2 heterocycles. The molecule has 0 aliphatic rings. The van der Waals surface area contributed by atoms with Crippen molar-refractivity contribution in [1.29, 1.82) is 0 Å². The summed E-state index contributed by atoms with van der Waals surface area (Å²) in [5.74, 6) is 2.61. The van der Waals surface area contributed by atoms with Crippen molar-refractivity contribution in [3.8, 4) is 5.75 Å². The summed E-state index contributed by atoms with van der Waals surface area (Å²) < 4.78 is 5.37. The van der Waals surface area contributed by atoms with E-state index in [0.717, 1.165) is 5.75 Å². The first kappa shape index (κ1) is 19.1. The lowest BCUT2D eigenvalue weighted by molar-refractivity contribution is 0.0955. The fourth-order valence-electron chi connectivity index (χ4n) is 2.43. The van der Waals surface area contributed by atoms with Crippen LogP contribution in [0.1, 0.15) is 17.3 Å². The van der Waals surface area contributed by atoms with Gasteiger partial charge in [0.1, 0.15) is 29.5 Å². The number of carbonyl (C=O) groups excluding carboxylic acids is 1. The maximum Gasteiger partial charge on any atom is 0.251 e. The molecule has 3 rings (SSSR count). The molecule has 0 saturated heterocycles. The zero-order valence-corrected chi connectivity index (χ0v) is 15.6. The molecule has 28 heavy (non-hydrogen) atoms. The van der Waals surface area contributed by atoms with Crippen LogP contribution in [0.5, 0.6) is 5.75 Å². The van der Waals surface area contributed by atoms with Gasteiger partial charge in [-0.05, 0) is 43.3 Å². The average molecular weight is 378 g/mol. The van der Waals surface area contributed by atoms with E-state index in [1.165, 1.54) is 6.33 Å². The van der Waals surface area contributed by atoms with E-state index in [4.69, 9.17) is 4.74 Å². The number of nitrogens with zero attached hydrogens (tertiary/aromatic N) is 3.